The fraction of sp³-hybridized carbons (Fsp3) is 0.242. The molecular weight excluding hydrogens is 424 g/mol. The number of nitrogens with zero attached hydrogens (tertiary/aromatic N) is 1. The monoisotopic (exact) mass is 458 g/mol. The molecule has 2 nitrogen and oxygen atoms in total. The third-order valence-corrected chi connectivity index (χ3v) is 6.59. The predicted molar refractivity (Wildman–Crippen MR) is 151 cm³/mol. The molecular formula is C33H34N2. The zero-order chi connectivity index (χ0) is 25.4. The number of anilines is 1. The lowest BCUT2D eigenvalue weighted by Gasteiger charge is -2.22. The maximum Gasteiger partial charge on any atom is 0.187 e. The first kappa shape index (κ1) is 24.3. The van der Waals surface area contributed by atoms with Crippen LogP contribution in [0.3, 0.4) is 0 Å². The topological polar surface area (TPSA) is 30.4 Å². The smallest absolute Gasteiger partial charge is 0.187 e. The van der Waals surface area contributed by atoms with E-state index in [4.69, 9.17) is 12.3 Å². The van der Waals surface area contributed by atoms with E-state index in [9.17, 15) is 0 Å². The summed E-state index contributed by atoms with van der Waals surface area (Å²) in [5, 5.41) is 0. The number of hydrogen-bond donors (Lipinski definition) is 1. The van der Waals surface area contributed by atoms with E-state index in [0.717, 1.165) is 39.1 Å². The zero-order valence-corrected chi connectivity index (χ0v) is 21.6. The summed E-state index contributed by atoms with van der Waals surface area (Å²) in [6, 6.07) is 29.5. The predicted octanol–water partition coefficient (Wildman–Crippen LogP) is 9.42. The van der Waals surface area contributed by atoms with Crippen LogP contribution >= 0.6 is 0 Å². The molecule has 0 fully saturated rings. The molecule has 4 rings (SSSR count). The summed E-state index contributed by atoms with van der Waals surface area (Å²) in [5.74, 6) is 0. The number of benzene rings is 4. The summed E-state index contributed by atoms with van der Waals surface area (Å²) in [7, 11) is 0. The van der Waals surface area contributed by atoms with Gasteiger partial charge in [-0.1, -0.05) is 114 Å². The number of rotatable bonds is 3. The molecule has 0 atom stereocenters. The summed E-state index contributed by atoms with van der Waals surface area (Å²) in [4.78, 5) is 3.55. The van der Waals surface area contributed by atoms with Gasteiger partial charge in [-0.3, -0.25) is 0 Å². The van der Waals surface area contributed by atoms with E-state index in [1.807, 2.05) is 24.3 Å². The van der Waals surface area contributed by atoms with Gasteiger partial charge in [-0.2, -0.15) is 0 Å². The van der Waals surface area contributed by atoms with Crippen LogP contribution in [-0.2, 0) is 10.8 Å². The summed E-state index contributed by atoms with van der Waals surface area (Å²) in [6.45, 7) is 20.7. The molecule has 0 aromatic heterocycles. The highest BCUT2D eigenvalue weighted by Gasteiger charge is 2.19. The van der Waals surface area contributed by atoms with Gasteiger partial charge in [0.15, 0.2) is 5.69 Å². The van der Waals surface area contributed by atoms with Gasteiger partial charge in [0.25, 0.3) is 0 Å². The fourth-order valence-corrected chi connectivity index (χ4v) is 4.33. The second-order valence-electron chi connectivity index (χ2n) is 11.3. The fourth-order valence-electron chi connectivity index (χ4n) is 4.33. The third kappa shape index (κ3) is 5.15. The first-order valence-electron chi connectivity index (χ1n) is 12.1. The van der Waals surface area contributed by atoms with Crippen LogP contribution in [0.5, 0.6) is 0 Å². The van der Waals surface area contributed by atoms with Crippen molar-refractivity contribution in [3.05, 3.63) is 107 Å². The second kappa shape index (κ2) is 9.08. The molecule has 4 aromatic carbocycles. The van der Waals surface area contributed by atoms with E-state index in [1.165, 1.54) is 11.1 Å². The molecule has 35 heavy (non-hydrogen) atoms. The molecule has 0 aliphatic rings. The molecule has 0 saturated carbocycles. The molecule has 0 unspecified atom stereocenters. The molecule has 0 radical (unpaired) electrons. The molecule has 176 valence electrons. The minimum Gasteiger partial charge on any atom is -0.398 e. The average Bonchev–Trinajstić information content (AvgIpc) is 2.83. The van der Waals surface area contributed by atoms with Crippen molar-refractivity contribution in [2.45, 2.75) is 52.4 Å². The Labute approximate surface area is 210 Å². The maximum absolute atomic E-state index is 7.29. The van der Waals surface area contributed by atoms with Crippen molar-refractivity contribution in [2.75, 3.05) is 5.73 Å². The van der Waals surface area contributed by atoms with Crippen molar-refractivity contribution in [3.63, 3.8) is 0 Å². The van der Waals surface area contributed by atoms with Crippen LogP contribution in [0, 0.1) is 6.57 Å². The van der Waals surface area contributed by atoms with E-state index >= 15 is 0 Å². The van der Waals surface area contributed by atoms with Crippen LogP contribution in [0.15, 0.2) is 84.9 Å². The Kier molecular flexibility index (Phi) is 6.30. The molecule has 0 aliphatic heterocycles. The summed E-state index contributed by atoms with van der Waals surface area (Å²) in [5.41, 5.74) is 17.4. The van der Waals surface area contributed by atoms with E-state index in [0.29, 0.717) is 5.69 Å². The molecule has 2 N–H and O–H groups in total. The molecule has 0 saturated heterocycles. The standard InChI is InChI=1S/C33H34N2/c1-32(2,3)26-12-8-10-23(18-26)29-20-25(22-14-16-28(35-7)17-15-22)21-30(31(29)34)24-11-9-13-27(19-24)33(4,5)6/h8-21H,34H2,1-6H3. The SMILES string of the molecule is [C-]#[N+]c1ccc(-c2cc(-c3cccc(C(C)(C)C)c3)c(N)c(-c3cccc(C(C)(C)C)c3)c2)cc1. The van der Waals surface area contributed by atoms with Crippen LogP contribution in [0.4, 0.5) is 11.4 Å². The van der Waals surface area contributed by atoms with Gasteiger partial charge in [-0.15, -0.1) is 0 Å². The van der Waals surface area contributed by atoms with Crippen LogP contribution in [0.1, 0.15) is 52.7 Å². The first-order valence-corrected chi connectivity index (χ1v) is 12.1. The quantitative estimate of drug-likeness (QED) is 0.240. The highest BCUT2D eigenvalue weighted by Crippen LogP contribution is 2.41. The normalized spacial score (nSPS) is 11.8. The Bertz CT molecular complexity index is 1330. The van der Waals surface area contributed by atoms with Crippen LogP contribution in [0.2, 0.25) is 0 Å². The number of nitrogens with two attached hydrogens (primary N) is 1. The Morgan fingerprint density at radius 1 is 0.571 bits per heavy atom. The Morgan fingerprint density at radius 2 is 1.03 bits per heavy atom. The second-order valence-corrected chi connectivity index (χ2v) is 11.3. The van der Waals surface area contributed by atoms with Crippen molar-refractivity contribution in [1.82, 2.24) is 0 Å². The van der Waals surface area contributed by atoms with Gasteiger partial charge >= 0.3 is 0 Å². The Morgan fingerprint density at radius 3 is 1.43 bits per heavy atom. The molecule has 2 heteroatoms. The highest BCUT2D eigenvalue weighted by molar-refractivity contribution is 5.93. The Balaban J connectivity index is 1.97. The largest absolute Gasteiger partial charge is 0.398 e. The van der Waals surface area contributed by atoms with Crippen molar-refractivity contribution in [2.24, 2.45) is 0 Å². The van der Waals surface area contributed by atoms with Gasteiger partial charge in [0.2, 0.25) is 0 Å². The van der Waals surface area contributed by atoms with Gasteiger partial charge in [0.1, 0.15) is 0 Å². The lowest BCUT2D eigenvalue weighted by Crippen LogP contribution is -2.11. The summed E-state index contributed by atoms with van der Waals surface area (Å²) < 4.78 is 0. The Hall–Kier alpha value is -3.83. The van der Waals surface area contributed by atoms with Gasteiger partial charge in [0.05, 0.1) is 6.57 Å². The van der Waals surface area contributed by atoms with Crippen LogP contribution in [0.25, 0.3) is 38.2 Å². The number of nitrogen functional groups attached to an aromatic ring is 1. The van der Waals surface area contributed by atoms with E-state index < -0.39 is 0 Å². The molecule has 0 amide bonds. The van der Waals surface area contributed by atoms with Gasteiger partial charge in [-0.25, -0.2) is 4.85 Å². The molecule has 0 bridgehead atoms. The number of hydrogen-bond acceptors (Lipinski definition) is 1. The van der Waals surface area contributed by atoms with Gasteiger partial charge < -0.3 is 5.73 Å². The van der Waals surface area contributed by atoms with E-state index in [2.05, 4.69) is 107 Å². The van der Waals surface area contributed by atoms with E-state index in [-0.39, 0.29) is 10.8 Å². The average molecular weight is 459 g/mol. The van der Waals surface area contributed by atoms with Crippen LogP contribution < -0.4 is 5.73 Å². The van der Waals surface area contributed by atoms with Crippen LogP contribution in [-0.4, -0.2) is 0 Å². The molecule has 0 aliphatic carbocycles. The highest BCUT2D eigenvalue weighted by atomic mass is 14.6. The summed E-state index contributed by atoms with van der Waals surface area (Å²) >= 11 is 0. The maximum atomic E-state index is 7.29. The lowest BCUT2D eigenvalue weighted by molar-refractivity contribution is 0.590. The summed E-state index contributed by atoms with van der Waals surface area (Å²) in [6.07, 6.45) is 0. The molecule has 0 spiro atoms. The van der Waals surface area contributed by atoms with Crippen molar-refractivity contribution in [3.8, 4) is 33.4 Å². The van der Waals surface area contributed by atoms with Gasteiger partial charge in [0, 0.05) is 16.8 Å². The lowest BCUT2D eigenvalue weighted by atomic mass is 9.83. The van der Waals surface area contributed by atoms with Crippen molar-refractivity contribution < 1.29 is 0 Å². The van der Waals surface area contributed by atoms with Crippen molar-refractivity contribution >= 4 is 11.4 Å². The molecule has 0 heterocycles. The third-order valence-electron chi connectivity index (χ3n) is 6.59. The minimum atomic E-state index is 0.0435. The molecule has 4 aromatic rings. The van der Waals surface area contributed by atoms with Gasteiger partial charge in [-0.05, 0) is 56.3 Å². The first-order chi connectivity index (χ1) is 16.5. The minimum absolute atomic E-state index is 0.0435. The zero-order valence-electron chi connectivity index (χ0n) is 21.6. The van der Waals surface area contributed by atoms with E-state index in [1.54, 1.807) is 0 Å². The van der Waals surface area contributed by atoms with Crippen molar-refractivity contribution in [1.29, 1.82) is 0 Å².